The van der Waals surface area contributed by atoms with E-state index in [1.165, 1.54) is 0 Å². The number of hydrogen-bond acceptors (Lipinski definition) is 3. The lowest BCUT2D eigenvalue weighted by atomic mass is 10.1. The van der Waals surface area contributed by atoms with E-state index >= 15 is 0 Å². The van der Waals surface area contributed by atoms with Crippen LogP contribution in [-0.2, 0) is 4.79 Å². The van der Waals surface area contributed by atoms with Crippen LogP contribution in [-0.4, -0.2) is 17.2 Å². The Balaban J connectivity index is 2.30. The molecule has 1 amide bonds. The van der Waals surface area contributed by atoms with Crippen molar-refractivity contribution in [3.63, 3.8) is 0 Å². The predicted octanol–water partition coefficient (Wildman–Crippen LogP) is 4.22. The number of carbonyl (C=O) groups excluding carboxylic acids is 1. The van der Waals surface area contributed by atoms with Gasteiger partial charge in [-0.1, -0.05) is 39.3 Å². The van der Waals surface area contributed by atoms with Gasteiger partial charge < -0.3 is 10.6 Å². The molecule has 0 saturated heterocycles. The average molecular weight is 313 g/mol. The second kappa shape index (κ2) is 5.96. The van der Waals surface area contributed by atoms with Crippen LogP contribution in [0.1, 0.15) is 45.7 Å². The van der Waals surface area contributed by atoms with E-state index in [9.17, 15) is 4.79 Å². The molecule has 3 nitrogen and oxygen atoms in total. The van der Waals surface area contributed by atoms with Gasteiger partial charge in [0.05, 0.1) is 5.02 Å². The van der Waals surface area contributed by atoms with Gasteiger partial charge in [-0.2, -0.15) is 0 Å². The van der Waals surface area contributed by atoms with E-state index in [2.05, 4.69) is 38.3 Å². The van der Waals surface area contributed by atoms with Crippen molar-refractivity contribution in [1.82, 2.24) is 5.32 Å². The van der Waals surface area contributed by atoms with Gasteiger partial charge in [0, 0.05) is 20.9 Å². The lowest BCUT2D eigenvalue weighted by molar-refractivity contribution is -0.117. The quantitative estimate of drug-likeness (QED) is 0.818. The standard InChI is InChI=1S/C15H21ClN2OS/c1-5-6-17-13-9-7-10(16)12(20-15(2,3)4)8-11(9)18-14(13)19/h7-8,13,17H,5-6H2,1-4H3,(H,18,19). The molecule has 0 aliphatic carbocycles. The van der Waals surface area contributed by atoms with Gasteiger partial charge in [-0.15, -0.1) is 11.8 Å². The number of fused-ring (bicyclic) bond motifs is 1. The maximum absolute atomic E-state index is 12.0. The molecule has 0 aromatic heterocycles. The summed E-state index contributed by atoms with van der Waals surface area (Å²) in [5, 5.41) is 6.90. The van der Waals surface area contributed by atoms with Gasteiger partial charge in [-0.25, -0.2) is 0 Å². The SMILES string of the molecule is CCCNC1C(=O)Nc2cc(SC(C)(C)C)c(Cl)cc21. The number of amides is 1. The maximum Gasteiger partial charge on any atom is 0.246 e. The molecule has 0 spiro atoms. The number of anilines is 1. The summed E-state index contributed by atoms with van der Waals surface area (Å²) in [4.78, 5) is 13.0. The van der Waals surface area contributed by atoms with Crippen LogP contribution in [0, 0.1) is 0 Å². The van der Waals surface area contributed by atoms with Crippen molar-refractivity contribution in [3.8, 4) is 0 Å². The molecule has 1 aliphatic rings. The summed E-state index contributed by atoms with van der Waals surface area (Å²) in [5.41, 5.74) is 1.83. The van der Waals surface area contributed by atoms with Gasteiger partial charge >= 0.3 is 0 Å². The minimum atomic E-state index is -0.281. The monoisotopic (exact) mass is 312 g/mol. The fourth-order valence-electron chi connectivity index (χ4n) is 2.16. The van der Waals surface area contributed by atoms with Crippen molar-refractivity contribution in [3.05, 3.63) is 22.7 Å². The second-order valence-corrected chi connectivity index (χ2v) is 8.24. The van der Waals surface area contributed by atoms with Crippen LogP contribution < -0.4 is 10.6 Å². The molecule has 1 heterocycles. The first-order valence-corrected chi connectivity index (χ1v) is 8.08. The highest BCUT2D eigenvalue weighted by atomic mass is 35.5. The second-order valence-electron chi connectivity index (χ2n) is 5.96. The molecule has 20 heavy (non-hydrogen) atoms. The molecule has 5 heteroatoms. The van der Waals surface area contributed by atoms with Crippen molar-refractivity contribution >= 4 is 35.0 Å². The van der Waals surface area contributed by atoms with Crippen LogP contribution in [0.25, 0.3) is 0 Å². The van der Waals surface area contributed by atoms with Crippen LogP contribution >= 0.6 is 23.4 Å². The highest BCUT2D eigenvalue weighted by Gasteiger charge is 2.31. The first kappa shape index (κ1) is 15.7. The molecule has 1 aromatic carbocycles. The summed E-state index contributed by atoms with van der Waals surface area (Å²) in [6, 6.07) is 3.62. The lowest BCUT2D eigenvalue weighted by Gasteiger charge is -2.19. The molecule has 2 rings (SSSR count). The number of hydrogen-bond donors (Lipinski definition) is 2. The van der Waals surface area contributed by atoms with Crippen molar-refractivity contribution in [2.45, 2.75) is 49.8 Å². The topological polar surface area (TPSA) is 41.1 Å². The number of thioether (sulfide) groups is 1. The Labute approximate surface area is 129 Å². The van der Waals surface area contributed by atoms with Crippen LogP contribution in [0.4, 0.5) is 5.69 Å². The Morgan fingerprint density at radius 1 is 1.40 bits per heavy atom. The van der Waals surface area contributed by atoms with Gasteiger partial charge in [0.1, 0.15) is 6.04 Å². The van der Waals surface area contributed by atoms with E-state index in [-0.39, 0.29) is 16.7 Å². The van der Waals surface area contributed by atoms with Crippen molar-refractivity contribution in [2.75, 3.05) is 11.9 Å². The molecule has 0 bridgehead atoms. The van der Waals surface area contributed by atoms with Crippen LogP contribution in [0.3, 0.4) is 0 Å². The zero-order valence-electron chi connectivity index (χ0n) is 12.3. The predicted molar refractivity (Wildman–Crippen MR) is 86.7 cm³/mol. The number of benzene rings is 1. The Morgan fingerprint density at radius 3 is 2.70 bits per heavy atom. The zero-order chi connectivity index (χ0) is 14.9. The molecule has 1 unspecified atom stereocenters. The fraction of sp³-hybridized carbons (Fsp3) is 0.533. The third-order valence-corrected chi connectivity index (χ3v) is 4.54. The first-order chi connectivity index (χ1) is 9.31. The molecule has 1 aliphatic heterocycles. The molecule has 1 aromatic rings. The number of nitrogens with one attached hydrogen (secondary N) is 2. The molecular formula is C15H21ClN2OS. The van der Waals surface area contributed by atoms with Crippen molar-refractivity contribution < 1.29 is 4.79 Å². The van der Waals surface area contributed by atoms with E-state index in [4.69, 9.17) is 11.6 Å². The molecule has 1 atom stereocenters. The van der Waals surface area contributed by atoms with Crippen LogP contribution in [0.2, 0.25) is 5.02 Å². The van der Waals surface area contributed by atoms with E-state index in [1.807, 2.05) is 12.1 Å². The number of halogens is 1. The summed E-state index contributed by atoms with van der Waals surface area (Å²) in [5.74, 6) is 0.00225. The highest BCUT2D eigenvalue weighted by molar-refractivity contribution is 8.00. The van der Waals surface area contributed by atoms with E-state index in [0.717, 1.165) is 29.1 Å². The van der Waals surface area contributed by atoms with E-state index < -0.39 is 0 Å². The Kier molecular flexibility index (Phi) is 4.67. The molecule has 0 saturated carbocycles. The third kappa shape index (κ3) is 3.48. The summed E-state index contributed by atoms with van der Waals surface area (Å²) in [6.45, 7) is 9.33. The molecular weight excluding hydrogens is 292 g/mol. The lowest BCUT2D eigenvalue weighted by Crippen LogP contribution is -2.27. The van der Waals surface area contributed by atoms with Gasteiger partial charge in [0.2, 0.25) is 5.91 Å². The van der Waals surface area contributed by atoms with Crippen molar-refractivity contribution in [2.24, 2.45) is 0 Å². The van der Waals surface area contributed by atoms with Crippen LogP contribution in [0.5, 0.6) is 0 Å². The van der Waals surface area contributed by atoms with Gasteiger partial charge in [-0.3, -0.25) is 4.79 Å². The number of rotatable bonds is 4. The first-order valence-electron chi connectivity index (χ1n) is 6.88. The molecule has 0 radical (unpaired) electrons. The average Bonchev–Trinajstić information content (AvgIpc) is 2.61. The van der Waals surface area contributed by atoms with E-state index in [1.54, 1.807) is 11.8 Å². The highest BCUT2D eigenvalue weighted by Crippen LogP contribution is 2.42. The summed E-state index contributed by atoms with van der Waals surface area (Å²) < 4.78 is 0.0837. The Bertz CT molecular complexity index is 525. The molecule has 2 N–H and O–H groups in total. The van der Waals surface area contributed by atoms with Gasteiger partial charge in [0.25, 0.3) is 0 Å². The minimum Gasteiger partial charge on any atom is -0.324 e. The zero-order valence-corrected chi connectivity index (χ0v) is 13.9. The van der Waals surface area contributed by atoms with Crippen LogP contribution in [0.15, 0.2) is 17.0 Å². The summed E-state index contributed by atoms with van der Waals surface area (Å²) in [6.07, 6.45) is 0.991. The molecule has 110 valence electrons. The maximum atomic E-state index is 12.0. The third-order valence-electron chi connectivity index (χ3n) is 2.95. The Hall–Kier alpha value is -0.710. The fourth-order valence-corrected chi connectivity index (χ4v) is 3.44. The summed E-state index contributed by atoms with van der Waals surface area (Å²) in [7, 11) is 0. The normalized spacial score (nSPS) is 18.1. The minimum absolute atomic E-state index is 0.00225. The van der Waals surface area contributed by atoms with Gasteiger partial charge in [-0.05, 0) is 25.1 Å². The largest absolute Gasteiger partial charge is 0.324 e. The molecule has 0 fully saturated rings. The smallest absolute Gasteiger partial charge is 0.246 e. The van der Waals surface area contributed by atoms with Crippen molar-refractivity contribution in [1.29, 1.82) is 0 Å². The Morgan fingerprint density at radius 2 is 2.10 bits per heavy atom. The summed E-state index contributed by atoms with van der Waals surface area (Å²) >= 11 is 8.08. The van der Waals surface area contributed by atoms with E-state index in [0.29, 0.717) is 5.02 Å². The number of carbonyl (C=O) groups is 1. The van der Waals surface area contributed by atoms with Gasteiger partial charge in [0.15, 0.2) is 0 Å².